The monoisotopic (exact) mass is 362 g/mol. The zero-order valence-corrected chi connectivity index (χ0v) is 18.1. The number of carbonyl (C=O) groups is 1. The van der Waals surface area contributed by atoms with Crippen molar-refractivity contribution in [2.45, 2.75) is 92.9 Å². The Labute approximate surface area is 161 Å². The van der Waals surface area contributed by atoms with Crippen molar-refractivity contribution in [3.63, 3.8) is 0 Å². The Bertz CT molecular complexity index is 510. The van der Waals surface area contributed by atoms with Crippen molar-refractivity contribution in [3.8, 4) is 0 Å². The summed E-state index contributed by atoms with van der Waals surface area (Å²) in [5.41, 5.74) is 0.0798. The minimum Gasteiger partial charge on any atom is -0.465 e. The van der Waals surface area contributed by atoms with Crippen LogP contribution < -0.4 is 0 Å². The maximum atomic E-state index is 13.1. The average molecular weight is 363 g/mol. The number of hydrogen-bond acceptors (Lipinski definition) is 2. The fourth-order valence-corrected chi connectivity index (χ4v) is 7.13. The van der Waals surface area contributed by atoms with Gasteiger partial charge in [0.15, 0.2) is 0 Å². The molecule has 150 valence electrons. The summed E-state index contributed by atoms with van der Waals surface area (Å²) in [6.07, 6.45) is 10.3. The van der Waals surface area contributed by atoms with Crippen molar-refractivity contribution in [2.24, 2.45) is 46.3 Å². The zero-order valence-electron chi connectivity index (χ0n) is 18.1. The van der Waals surface area contributed by atoms with Gasteiger partial charge in [-0.3, -0.25) is 4.79 Å². The summed E-state index contributed by atoms with van der Waals surface area (Å²) in [6, 6.07) is 0. The van der Waals surface area contributed by atoms with Crippen LogP contribution in [0.5, 0.6) is 0 Å². The highest BCUT2D eigenvalue weighted by Crippen LogP contribution is 2.64. The van der Waals surface area contributed by atoms with E-state index in [1.165, 1.54) is 44.9 Å². The van der Waals surface area contributed by atoms with Gasteiger partial charge in [0.25, 0.3) is 0 Å². The number of carbonyl (C=O) groups excluding carboxylic acids is 1. The van der Waals surface area contributed by atoms with Crippen LogP contribution in [0, 0.1) is 46.3 Å². The van der Waals surface area contributed by atoms with Gasteiger partial charge < -0.3 is 4.74 Å². The molecule has 0 aliphatic heterocycles. The van der Waals surface area contributed by atoms with Crippen molar-refractivity contribution in [3.05, 3.63) is 0 Å². The topological polar surface area (TPSA) is 26.3 Å². The van der Waals surface area contributed by atoms with E-state index in [4.69, 9.17) is 4.74 Å². The number of rotatable bonds is 4. The fraction of sp³-hybridized carbons (Fsp3) is 0.958. The van der Waals surface area contributed by atoms with E-state index in [0.717, 1.165) is 30.1 Å². The lowest BCUT2D eigenvalue weighted by atomic mass is 9.43. The summed E-state index contributed by atoms with van der Waals surface area (Å²) >= 11 is 0. The third-order valence-electron chi connectivity index (χ3n) is 8.63. The Morgan fingerprint density at radius 3 is 2.42 bits per heavy atom. The van der Waals surface area contributed by atoms with Crippen LogP contribution in [0.1, 0.15) is 92.9 Å². The first-order valence-electron chi connectivity index (χ1n) is 11.4. The Morgan fingerprint density at radius 2 is 1.77 bits per heavy atom. The standard InChI is InChI=1S/C24H42O2/c1-16(2)15-26-22(25)24(6)13-7-12-23(5)20-10-8-18(17(3)4)14-19(20)9-11-21(23)24/h16-21H,7-15H2,1-6H3/t18?,19?,20-,21?,23-,24+/m1/s1. The van der Waals surface area contributed by atoms with Gasteiger partial charge in [-0.15, -0.1) is 0 Å². The van der Waals surface area contributed by atoms with Gasteiger partial charge in [-0.2, -0.15) is 0 Å². The number of ether oxygens (including phenoxy) is 1. The summed E-state index contributed by atoms with van der Waals surface area (Å²) in [6.45, 7) is 14.4. The van der Waals surface area contributed by atoms with Crippen molar-refractivity contribution >= 4 is 5.97 Å². The average Bonchev–Trinajstić information content (AvgIpc) is 2.58. The molecule has 3 rings (SSSR count). The Hall–Kier alpha value is -0.530. The second-order valence-corrected chi connectivity index (χ2v) is 11.1. The van der Waals surface area contributed by atoms with Crippen LogP contribution in [-0.2, 0) is 9.53 Å². The molecule has 6 atom stereocenters. The molecule has 2 heteroatoms. The Kier molecular flexibility index (Phi) is 5.81. The lowest BCUT2D eigenvalue weighted by Gasteiger charge is -2.61. The molecule has 3 unspecified atom stereocenters. The Morgan fingerprint density at radius 1 is 1.04 bits per heavy atom. The molecule has 3 aliphatic carbocycles. The SMILES string of the molecule is CC(C)COC(=O)[C@@]1(C)CCC[C@@]2(C)C1CCC1CC(C(C)C)CC[C@H]12. The molecule has 0 saturated heterocycles. The molecule has 0 amide bonds. The van der Waals surface area contributed by atoms with E-state index >= 15 is 0 Å². The lowest BCUT2D eigenvalue weighted by Crippen LogP contribution is -2.56. The van der Waals surface area contributed by atoms with Gasteiger partial charge in [-0.25, -0.2) is 0 Å². The quantitative estimate of drug-likeness (QED) is 0.535. The van der Waals surface area contributed by atoms with Crippen LogP contribution in [0.2, 0.25) is 0 Å². The van der Waals surface area contributed by atoms with E-state index < -0.39 is 0 Å². The molecule has 3 fully saturated rings. The van der Waals surface area contributed by atoms with Gasteiger partial charge in [0.2, 0.25) is 0 Å². The van der Waals surface area contributed by atoms with Gasteiger partial charge in [0, 0.05) is 0 Å². The van der Waals surface area contributed by atoms with E-state index in [9.17, 15) is 4.79 Å². The number of esters is 1. The van der Waals surface area contributed by atoms with Crippen LogP contribution >= 0.6 is 0 Å². The van der Waals surface area contributed by atoms with E-state index in [2.05, 4.69) is 41.5 Å². The highest BCUT2D eigenvalue weighted by Gasteiger charge is 2.59. The summed E-state index contributed by atoms with van der Waals surface area (Å²) in [5, 5.41) is 0. The summed E-state index contributed by atoms with van der Waals surface area (Å²) in [5.74, 6) is 4.49. The van der Waals surface area contributed by atoms with E-state index in [0.29, 0.717) is 23.9 Å². The predicted molar refractivity (Wildman–Crippen MR) is 108 cm³/mol. The third-order valence-corrected chi connectivity index (χ3v) is 8.63. The van der Waals surface area contributed by atoms with E-state index in [1.54, 1.807) is 0 Å². The van der Waals surface area contributed by atoms with Gasteiger partial charge in [-0.05, 0) is 92.8 Å². The molecule has 2 nitrogen and oxygen atoms in total. The van der Waals surface area contributed by atoms with Crippen molar-refractivity contribution < 1.29 is 9.53 Å². The van der Waals surface area contributed by atoms with E-state index in [1.807, 2.05) is 0 Å². The summed E-state index contributed by atoms with van der Waals surface area (Å²) < 4.78 is 5.79. The molecule has 0 aromatic heterocycles. The smallest absolute Gasteiger partial charge is 0.312 e. The first kappa shape index (κ1) is 20.2. The molecule has 3 saturated carbocycles. The minimum absolute atomic E-state index is 0.0939. The molecule has 26 heavy (non-hydrogen) atoms. The van der Waals surface area contributed by atoms with Crippen LogP contribution in [0.3, 0.4) is 0 Å². The largest absolute Gasteiger partial charge is 0.465 e. The number of fused-ring (bicyclic) bond motifs is 3. The molecule has 0 N–H and O–H groups in total. The summed E-state index contributed by atoms with van der Waals surface area (Å²) in [4.78, 5) is 13.1. The minimum atomic E-state index is -0.262. The fourth-order valence-electron chi connectivity index (χ4n) is 7.13. The van der Waals surface area contributed by atoms with Crippen LogP contribution in [0.15, 0.2) is 0 Å². The Balaban J connectivity index is 1.79. The molecule has 0 heterocycles. The van der Waals surface area contributed by atoms with Crippen LogP contribution in [0.25, 0.3) is 0 Å². The molecule has 0 radical (unpaired) electrons. The molecule has 0 aromatic rings. The van der Waals surface area contributed by atoms with Crippen molar-refractivity contribution in [1.29, 1.82) is 0 Å². The second kappa shape index (κ2) is 7.47. The van der Waals surface area contributed by atoms with Gasteiger partial charge in [0.1, 0.15) is 0 Å². The molecule has 3 aliphatic rings. The predicted octanol–water partition coefficient (Wildman–Crippen LogP) is 6.48. The molecular formula is C24H42O2. The first-order valence-corrected chi connectivity index (χ1v) is 11.4. The van der Waals surface area contributed by atoms with Gasteiger partial charge in [0.05, 0.1) is 12.0 Å². The zero-order chi connectivity index (χ0) is 19.1. The van der Waals surface area contributed by atoms with Crippen LogP contribution in [-0.4, -0.2) is 12.6 Å². The lowest BCUT2D eigenvalue weighted by molar-refractivity contribution is -0.180. The van der Waals surface area contributed by atoms with Crippen molar-refractivity contribution in [2.75, 3.05) is 6.61 Å². The number of hydrogen-bond donors (Lipinski definition) is 0. The highest BCUT2D eigenvalue weighted by atomic mass is 16.5. The maximum Gasteiger partial charge on any atom is 0.312 e. The second-order valence-electron chi connectivity index (χ2n) is 11.1. The molecule has 0 aromatic carbocycles. The highest BCUT2D eigenvalue weighted by molar-refractivity contribution is 5.77. The van der Waals surface area contributed by atoms with Gasteiger partial charge in [-0.1, -0.05) is 41.0 Å². The van der Waals surface area contributed by atoms with Gasteiger partial charge >= 0.3 is 5.97 Å². The normalized spacial score (nSPS) is 43.1. The maximum absolute atomic E-state index is 13.1. The summed E-state index contributed by atoms with van der Waals surface area (Å²) in [7, 11) is 0. The van der Waals surface area contributed by atoms with E-state index in [-0.39, 0.29) is 11.4 Å². The third kappa shape index (κ3) is 3.47. The molecule has 0 bridgehead atoms. The van der Waals surface area contributed by atoms with Crippen molar-refractivity contribution in [1.82, 2.24) is 0 Å². The molecular weight excluding hydrogens is 320 g/mol. The molecule has 0 spiro atoms. The van der Waals surface area contributed by atoms with Crippen LogP contribution in [0.4, 0.5) is 0 Å². The first-order chi connectivity index (χ1) is 12.2.